The van der Waals surface area contributed by atoms with Crippen molar-refractivity contribution < 1.29 is 0 Å². The predicted octanol–water partition coefficient (Wildman–Crippen LogP) is 3.71. The molecule has 1 aromatic heterocycles. The molecule has 106 valence electrons. The molecule has 2 aromatic rings. The zero-order chi connectivity index (χ0) is 14.0. The van der Waals surface area contributed by atoms with E-state index in [0.29, 0.717) is 11.5 Å². The summed E-state index contributed by atoms with van der Waals surface area (Å²) in [7, 11) is 2.06. The van der Waals surface area contributed by atoms with E-state index >= 15 is 0 Å². The van der Waals surface area contributed by atoms with Crippen molar-refractivity contribution in [2.75, 3.05) is 7.05 Å². The van der Waals surface area contributed by atoms with Gasteiger partial charge in [0, 0.05) is 17.8 Å². The summed E-state index contributed by atoms with van der Waals surface area (Å²) in [5.74, 6) is 0. The highest BCUT2D eigenvalue weighted by molar-refractivity contribution is 5.31. The molecule has 1 saturated carbocycles. The van der Waals surface area contributed by atoms with Crippen LogP contribution in [0.3, 0.4) is 0 Å². The molecule has 1 atom stereocenters. The molecule has 1 unspecified atom stereocenters. The van der Waals surface area contributed by atoms with Crippen molar-refractivity contribution in [1.29, 1.82) is 0 Å². The Morgan fingerprint density at radius 1 is 1.20 bits per heavy atom. The molecule has 0 aliphatic heterocycles. The molecule has 0 amide bonds. The molecule has 0 radical (unpaired) electrons. The Morgan fingerprint density at radius 3 is 2.55 bits per heavy atom. The van der Waals surface area contributed by atoms with E-state index in [1.54, 1.807) is 0 Å². The Morgan fingerprint density at radius 2 is 1.90 bits per heavy atom. The lowest BCUT2D eigenvalue weighted by molar-refractivity contribution is 0.234. The average Bonchev–Trinajstić information content (AvgIpc) is 3.11. The van der Waals surface area contributed by atoms with Crippen LogP contribution in [0.15, 0.2) is 42.7 Å². The van der Waals surface area contributed by atoms with Gasteiger partial charge in [0.15, 0.2) is 0 Å². The fourth-order valence-electron chi connectivity index (χ4n) is 3.60. The van der Waals surface area contributed by atoms with Crippen LogP contribution >= 0.6 is 0 Å². The molecule has 3 rings (SSSR count). The van der Waals surface area contributed by atoms with E-state index in [9.17, 15) is 0 Å². The first-order valence-electron chi connectivity index (χ1n) is 7.50. The Labute approximate surface area is 121 Å². The topological polar surface area (TPSA) is 29.9 Å². The first-order valence-corrected chi connectivity index (χ1v) is 7.50. The Bertz CT molecular complexity index is 553. The van der Waals surface area contributed by atoms with Gasteiger partial charge < -0.3 is 5.32 Å². The van der Waals surface area contributed by atoms with Crippen molar-refractivity contribution in [1.82, 2.24) is 15.1 Å². The molecule has 20 heavy (non-hydrogen) atoms. The van der Waals surface area contributed by atoms with Gasteiger partial charge in [0.25, 0.3) is 0 Å². The third kappa shape index (κ3) is 2.38. The largest absolute Gasteiger partial charge is 0.312 e. The van der Waals surface area contributed by atoms with Crippen molar-refractivity contribution >= 4 is 0 Å². The van der Waals surface area contributed by atoms with Crippen LogP contribution in [-0.4, -0.2) is 16.8 Å². The number of nitrogens with zero attached hydrogens (tertiary/aromatic N) is 2. The lowest BCUT2D eigenvalue weighted by Crippen LogP contribution is -2.31. The second-order valence-electron chi connectivity index (χ2n) is 6.14. The summed E-state index contributed by atoms with van der Waals surface area (Å²) in [6.45, 7) is 2.40. The van der Waals surface area contributed by atoms with Gasteiger partial charge in [0.05, 0.1) is 11.9 Å². The standard InChI is InChI=1S/C17H23N3/c1-17(10-6-7-11-17)16(18-2)14-12-19-20(13-14)15-8-4-3-5-9-15/h3-5,8-9,12-13,16,18H,6-7,10-11H2,1-2H3. The highest BCUT2D eigenvalue weighted by Crippen LogP contribution is 2.46. The lowest BCUT2D eigenvalue weighted by atomic mass is 9.78. The van der Waals surface area contributed by atoms with Crippen LogP contribution in [0, 0.1) is 5.41 Å². The zero-order valence-electron chi connectivity index (χ0n) is 12.3. The van der Waals surface area contributed by atoms with Crippen LogP contribution in [-0.2, 0) is 0 Å². The van der Waals surface area contributed by atoms with Crippen LogP contribution in [0.2, 0.25) is 0 Å². The minimum absolute atomic E-state index is 0.360. The number of para-hydroxylation sites is 1. The highest BCUT2D eigenvalue weighted by atomic mass is 15.3. The molecular weight excluding hydrogens is 246 g/mol. The summed E-state index contributed by atoms with van der Waals surface area (Å²) < 4.78 is 1.97. The minimum Gasteiger partial charge on any atom is -0.312 e. The predicted molar refractivity (Wildman–Crippen MR) is 81.9 cm³/mol. The minimum atomic E-state index is 0.360. The van der Waals surface area contributed by atoms with Gasteiger partial charge in [-0.1, -0.05) is 38.0 Å². The number of rotatable bonds is 4. The van der Waals surface area contributed by atoms with Crippen LogP contribution < -0.4 is 5.32 Å². The SMILES string of the molecule is CNC(c1cnn(-c2ccccc2)c1)C1(C)CCCC1. The first-order chi connectivity index (χ1) is 9.73. The van der Waals surface area contributed by atoms with Gasteiger partial charge in [0.1, 0.15) is 0 Å². The zero-order valence-corrected chi connectivity index (χ0v) is 12.3. The molecule has 0 spiro atoms. The molecule has 1 aliphatic rings. The van der Waals surface area contributed by atoms with E-state index < -0.39 is 0 Å². The van der Waals surface area contributed by atoms with Gasteiger partial charge >= 0.3 is 0 Å². The molecule has 3 nitrogen and oxygen atoms in total. The van der Waals surface area contributed by atoms with E-state index in [-0.39, 0.29) is 0 Å². The van der Waals surface area contributed by atoms with Gasteiger partial charge in [-0.05, 0) is 37.4 Å². The molecule has 1 heterocycles. The van der Waals surface area contributed by atoms with Gasteiger partial charge in [-0.2, -0.15) is 5.10 Å². The van der Waals surface area contributed by atoms with Crippen molar-refractivity contribution in [3.63, 3.8) is 0 Å². The molecule has 0 bridgehead atoms. The van der Waals surface area contributed by atoms with Crippen LogP contribution in [0.25, 0.3) is 5.69 Å². The summed E-state index contributed by atoms with van der Waals surface area (Å²) in [6.07, 6.45) is 9.48. The number of hydrogen-bond donors (Lipinski definition) is 1. The van der Waals surface area contributed by atoms with Gasteiger partial charge in [-0.3, -0.25) is 0 Å². The van der Waals surface area contributed by atoms with E-state index in [0.717, 1.165) is 5.69 Å². The number of nitrogens with one attached hydrogen (secondary N) is 1. The Kier molecular flexibility index (Phi) is 3.62. The molecule has 1 aromatic carbocycles. The third-order valence-electron chi connectivity index (χ3n) is 4.69. The summed E-state index contributed by atoms with van der Waals surface area (Å²) in [5.41, 5.74) is 2.77. The highest BCUT2D eigenvalue weighted by Gasteiger charge is 2.37. The van der Waals surface area contributed by atoms with Crippen LogP contribution in [0.5, 0.6) is 0 Å². The van der Waals surface area contributed by atoms with E-state index in [4.69, 9.17) is 0 Å². The van der Waals surface area contributed by atoms with Crippen molar-refractivity contribution in [2.24, 2.45) is 5.41 Å². The Balaban J connectivity index is 1.88. The molecule has 1 N–H and O–H groups in total. The molecular formula is C17H23N3. The normalized spacial score (nSPS) is 19.1. The lowest BCUT2D eigenvalue weighted by Gasteiger charge is -2.33. The molecule has 3 heteroatoms. The van der Waals surface area contributed by atoms with Gasteiger partial charge in [-0.15, -0.1) is 0 Å². The second kappa shape index (κ2) is 5.41. The summed E-state index contributed by atoms with van der Waals surface area (Å²) >= 11 is 0. The maximum absolute atomic E-state index is 4.53. The van der Waals surface area contributed by atoms with E-state index in [2.05, 4.69) is 42.7 Å². The summed E-state index contributed by atoms with van der Waals surface area (Å²) in [6, 6.07) is 10.7. The third-order valence-corrected chi connectivity index (χ3v) is 4.69. The van der Waals surface area contributed by atoms with Crippen LogP contribution in [0.1, 0.15) is 44.2 Å². The smallest absolute Gasteiger partial charge is 0.0645 e. The fourth-order valence-corrected chi connectivity index (χ4v) is 3.60. The number of hydrogen-bond acceptors (Lipinski definition) is 2. The van der Waals surface area contributed by atoms with Gasteiger partial charge in [0.2, 0.25) is 0 Å². The van der Waals surface area contributed by atoms with Crippen molar-refractivity contribution in [3.05, 3.63) is 48.3 Å². The fraction of sp³-hybridized carbons (Fsp3) is 0.471. The molecule has 1 fully saturated rings. The van der Waals surface area contributed by atoms with E-state index in [1.807, 2.05) is 29.1 Å². The average molecular weight is 269 g/mol. The quantitative estimate of drug-likeness (QED) is 0.917. The number of benzene rings is 1. The molecule has 0 saturated heterocycles. The number of aromatic nitrogens is 2. The van der Waals surface area contributed by atoms with E-state index in [1.165, 1.54) is 31.2 Å². The summed E-state index contributed by atoms with van der Waals surface area (Å²) in [4.78, 5) is 0. The monoisotopic (exact) mass is 269 g/mol. The van der Waals surface area contributed by atoms with Gasteiger partial charge in [-0.25, -0.2) is 4.68 Å². The first kappa shape index (κ1) is 13.4. The van der Waals surface area contributed by atoms with Crippen molar-refractivity contribution in [2.45, 2.75) is 38.6 Å². The molecule has 1 aliphatic carbocycles. The second-order valence-corrected chi connectivity index (χ2v) is 6.14. The maximum atomic E-state index is 4.53. The summed E-state index contributed by atoms with van der Waals surface area (Å²) in [5, 5.41) is 8.05. The maximum Gasteiger partial charge on any atom is 0.0645 e. The van der Waals surface area contributed by atoms with Crippen molar-refractivity contribution in [3.8, 4) is 5.69 Å². The Hall–Kier alpha value is -1.61. The van der Waals surface area contributed by atoms with Crippen LogP contribution in [0.4, 0.5) is 0 Å².